The normalized spacial score (nSPS) is 10.1. The zero-order chi connectivity index (χ0) is 11.7. The van der Waals surface area contributed by atoms with Crippen LogP contribution in [0.25, 0.3) is 10.4 Å². The molecule has 16 heavy (non-hydrogen) atoms. The Labute approximate surface area is 96.8 Å². The lowest BCUT2D eigenvalue weighted by atomic mass is 10.1. The van der Waals surface area contributed by atoms with Gasteiger partial charge in [-0.25, -0.2) is 4.39 Å². The maximum absolute atomic E-state index is 12.8. The molecule has 0 fully saturated rings. The minimum absolute atomic E-state index is 0.272. The largest absolute Gasteiger partial charge is 0.397 e. The van der Waals surface area contributed by atoms with Crippen LogP contribution in [0, 0.1) is 24.1 Å². The van der Waals surface area contributed by atoms with E-state index in [1.54, 1.807) is 12.1 Å². The van der Waals surface area contributed by atoms with Crippen molar-refractivity contribution in [1.29, 1.82) is 5.26 Å². The first-order valence-electron chi connectivity index (χ1n) is 4.68. The minimum Gasteiger partial charge on any atom is -0.397 e. The summed E-state index contributed by atoms with van der Waals surface area (Å²) in [6, 6.07) is 8.23. The molecule has 80 valence electrons. The molecular weight excluding hydrogens is 223 g/mol. The summed E-state index contributed by atoms with van der Waals surface area (Å²) in [6.07, 6.45) is 0. The van der Waals surface area contributed by atoms with Crippen LogP contribution in [0.3, 0.4) is 0 Å². The Hall–Kier alpha value is -1.86. The second-order valence-corrected chi connectivity index (χ2v) is 4.44. The summed E-state index contributed by atoms with van der Waals surface area (Å²) in [5, 5.41) is 8.87. The van der Waals surface area contributed by atoms with Crippen LogP contribution in [0.15, 0.2) is 24.3 Å². The predicted molar refractivity (Wildman–Crippen MR) is 63.6 cm³/mol. The molecule has 2 aromatic rings. The highest BCUT2D eigenvalue weighted by molar-refractivity contribution is 7.16. The molecule has 0 saturated carbocycles. The fourth-order valence-corrected chi connectivity index (χ4v) is 2.52. The summed E-state index contributed by atoms with van der Waals surface area (Å²) < 4.78 is 12.8. The first-order chi connectivity index (χ1) is 7.63. The van der Waals surface area contributed by atoms with Crippen LogP contribution in [0.4, 0.5) is 10.1 Å². The zero-order valence-electron chi connectivity index (χ0n) is 8.62. The SMILES string of the molecule is Cc1c(-c2ccc(F)cc2)sc(C#N)c1N. The molecule has 0 bridgehead atoms. The van der Waals surface area contributed by atoms with Crippen LogP contribution in [0.2, 0.25) is 0 Å². The average molecular weight is 232 g/mol. The number of nitrogens with zero attached hydrogens (tertiary/aromatic N) is 1. The molecule has 0 aliphatic heterocycles. The number of hydrogen-bond donors (Lipinski definition) is 1. The van der Waals surface area contributed by atoms with E-state index in [1.807, 2.05) is 6.92 Å². The van der Waals surface area contributed by atoms with Gasteiger partial charge in [-0.05, 0) is 30.2 Å². The lowest BCUT2D eigenvalue weighted by molar-refractivity contribution is 0.628. The Morgan fingerprint density at radius 1 is 1.31 bits per heavy atom. The molecule has 1 heterocycles. The highest BCUT2D eigenvalue weighted by Crippen LogP contribution is 2.37. The lowest BCUT2D eigenvalue weighted by Crippen LogP contribution is -1.87. The van der Waals surface area contributed by atoms with Gasteiger partial charge in [0.05, 0.1) is 5.69 Å². The third-order valence-electron chi connectivity index (χ3n) is 2.40. The van der Waals surface area contributed by atoms with E-state index in [9.17, 15) is 4.39 Å². The fraction of sp³-hybridized carbons (Fsp3) is 0.0833. The molecule has 2 rings (SSSR count). The molecule has 0 aliphatic rings. The fourth-order valence-electron chi connectivity index (χ4n) is 1.49. The summed E-state index contributed by atoms with van der Waals surface area (Å²) >= 11 is 1.34. The summed E-state index contributed by atoms with van der Waals surface area (Å²) in [7, 11) is 0. The molecule has 1 aromatic heterocycles. The Morgan fingerprint density at radius 2 is 1.94 bits per heavy atom. The molecule has 0 radical (unpaired) electrons. The first kappa shape index (κ1) is 10.7. The monoisotopic (exact) mass is 232 g/mol. The second-order valence-electron chi connectivity index (χ2n) is 3.42. The van der Waals surface area contributed by atoms with Crippen molar-refractivity contribution >= 4 is 17.0 Å². The topological polar surface area (TPSA) is 49.8 Å². The van der Waals surface area contributed by atoms with Crippen molar-refractivity contribution < 1.29 is 4.39 Å². The van der Waals surface area contributed by atoms with Crippen molar-refractivity contribution in [2.24, 2.45) is 0 Å². The van der Waals surface area contributed by atoms with Crippen molar-refractivity contribution in [2.45, 2.75) is 6.92 Å². The number of nitrogens with two attached hydrogens (primary N) is 1. The quantitative estimate of drug-likeness (QED) is 0.820. The molecule has 2 N–H and O–H groups in total. The van der Waals surface area contributed by atoms with Gasteiger partial charge >= 0.3 is 0 Å². The van der Waals surface area contributed by atoms with Crippen molar-refractivity contribution in [2.75, 3.05) is 5.73 Å². The van der Waals surface area contributed by atoms with Gasteiger partial charge in [-0.15, -0.1) is 11.3 Å². The Bertz CT molecular complexity index is 564. The molecule has 0 saturated heterocycles. The second kappa shape index (κ2) is 3.95. The van der Waals surface area contributed by atoms with E-state index in [1.165, 1.54) is 23.5 Å². The molecule has 4 heteroatoms. The average Bonchev–Trinajstić information content (AvgIpc) is 2.57. The highest BCUT2D eigenvalue weighted by Gasteiger charge is 2.13. The van der Waals surface area contributed by atoms with E-state index in [-0.39, 0.29) is 5.82 Å². The van der Waals surface area contributed by atoms with E-state index < -0.39 is 0 Å². The van der Waals surface area contributed by atoms with Crippen molar-refractivity contribution in [3.8, 4) is 16.5 Å². The van der Waals surface area contributed by atoms with Gasteiger partial charge < -0.3 is 5.73 Å². The maximum atomic E-state index is 12.8. The van der Waals surface area contributed by atoms with Gasteiger partial charge in [0.25, 0.3) is 0 Å². The molecule has 1 aromatic carbocycles. The molecule has 2 nitrogen and oxygen atoms in total. The van der Waals surface area contributed by atoms with E-state index >= 15 is 0 Å². The summed E-state index contributed by atoms with van der Waals surface area (Å²) in [5.74, 6) is -0.272. The van der Waals surface area contributed by atoms with Crippen LogP contribution in [0.1, 0.15) is 10.4 Å². The van der Waals surface area contributed by atoms with E-state index in [2.05, 4.69) is 6.07 Å². The summed E-state index contributed by atoms with van der Waals surface area (Å²) in [6.45, 7) is 1.87. The third kappa shape index (κ3) is 1.66. The lowest BCUT2D eigenvalue weighted by Gasteiger charge is -1.99. The smallest absolute Gasteiger partial charge is 0.128 e. The third-order valence-corrected chi connectivity index (χ3v) is 3.66. The summed E-state index contributed by atoms with van der Waals surface area (Å²) in [4.78, 5) is 1.44. The molecule has 0 atom stereocenters. The summed E-state index contributed by atoms with van der Waals surface area (Å²) in [5.41, 5.74) is 8.08. The van der Waals surface area contributed by atoms with Crippen LogP contribution < -0.4 is 5.73 Å². The Morgan fingerprint density at radius 3 is 2.44 bits per heavy atom. The predicted octanol–water partition coefficient (Wildman–Crippen LogP) is 3.32. The standard InChI is InChI=1S/C12H9FN2S/c1-7-11(15)10(6-14)16-12(7)8-2-4-9(13)5-3-8/h2-5H,15H2,1H3. The Balaban J connectivity index is 2.57. The van der Waals surface area contributed by atoms with Gasteiger partial charge in [-0.2, -0.15) is 5.26 Å². The van der Waals surface area contributed by atoms with Gasteiger partial charge in [0.15, 0.2) is 0 Å². The molecule has 0 unspecified atom stereocenters. The number of halogens is 1. The van der Waals surface area contributed by atoms with Gasteiger partial charge in [-0.1, -0.05) is 12.1 Å². The minimum atomic E-state index is -0.272. The van der Waals surface area contributed by atoms with E-state index in [0.29, 0.717) is 10.6 Å². The number of thiophene rings is 1. The Kier molecular flexibility index (Phi) is 2.63. The van der Waals surface area contributed by atoms with Gasteiger partial charge in [-0.3, -0.25) is 0 Å². The molecule has 0 aliphatic carbocycles. The van der Waals surface area contributed by atoms with Crippen LogP contribution in [-0.4, -0.2) is 0 Å². The van der Waals surface area contributed by atoms with Crippen molar-refractivity contribution in [3.05, 3.63) is 40.5 Å². The first-order valence-corrected chi connectivity index (χ1v) is 5.50. The maximum Gasteiger partial charge on any atom is 0.128 e. The zero-order valence-corrected chi connectivity index (χ0v) is 9.44. The molecule has 0 spiro atoms. The number of nitriles is 1. The molecular formula is C12H9FN2S. The van der Waals surface area contributed by atoms with Gasteiger partial charge in [0.1, 0.15) is 16.8 Å². The number of hydrogen-bond acceptors (Lipinski definition) is 3. The van der Waals surface area contributed by atoms with Crippen LogP contribution in [0.5, 0.6) is 0 Å². The van der Waals surface area contributed by atoms with E-state index in [0.717, 1.165) is 16.0 Å². The highest BCUT2D eigenvalue weighted by atomic mass is 32.1. The van der Waals surface area contributed by atoms with Crippen LogP contribution in [-0.2, 0) is 0 Å². The number of benzene rings is 1. The number of anilines is 1. The number of rotatable bonds is 1. The molecule has 0 amide bonds. The van der Waals surface area contributed by atoms with Gasteiger partial charge in [0, 0.05) is 4.88 Å². The van der Waals surface area contributed by atoms with Crippen LogP contribution >= 0.6 is 11.3 Å². The van der Waals surface area contributed by atoms with E-state index in [4.69, 9.17) is 11.0 Å². The van der Waals surface area contributed by atoms with Gasteiger partial charge in [0.2, 0.25) is 0 Å². The van der Waals surface area contributed by atoms with Crippen molar-refractivity contribution in [3.63, 3.8) is 0 Å². The van der Waals surface area contributed by atoms with Crippen molar-refractivity contribution in [1.82, 2.24) is 0 Å². The number of nitrogen functional groups attached to an aromatic ring is 1.